The topological polar surface area (TPSA) is 0 Å². The third-order valence-corrected chi connectivity index (χ3v) is 18.4. The van der Waals surface area contributed by atoms with Gasteiger partial charge in [0.1, 0.15) is 0 Å². The summed E-state index contributed by atoms with van der Waals surface area (Å²) >= 11 is -2.62. The molecule has 0 radical (unpaired) electrons. The molecule has 1 atom stereocenters. The van der Waals surface area contributed by atoms with Crippen LogP contribution in [0.1, 0.15) is 119 Å². The van der Waals surface area contributed by atoms with Crippen molar-refractivity contribution in [2.75, 3.05) is 0 Å². The molecule has 0 nitrogen and oxygen atoms in total. The molecule has 250 valence electrons. The van der Waals surface area contributed by atoms with E-state index in [4.69, 9.17) is 0 Å². The molecule has 0 N–H and O–H groups in total. The van der Waals surface area contributed by atoms with Crippen LogP contribution in [0.5, 0.6) is 0 Å². The van der Waals surface area contributed by atoms with Gasteiger partial charge in [-0.3, -0.25) is 0 Å². The van der Waals surface area contributed by atoms with Crippen molar-refractivity contribution in [2.45, 2.75) is 96.0 Å². The summed E-state index contributed by atoms with van der Waals surface area (Å²) in [5.41, 5.74) is 16.3. The first kappa shape index (κ1) is 38.5. The largest absolute Gasteiger partial charge is 1.00 e. The molecule has 1 unspecified atom stereocenters. The fourth-order valence-electron chi connectivity index (χ4n) is 7.45. The number of allylic oxidation sites excluding steroid dienone is 4. The van der Waals surface area contributed by atoms with Crippen LogP contribution in [0.3, 0.4) is 0 Å². The molecule has 0 spiro atoms. The minimum absolute atomic E-state index is 0. The minimum Gasteiger partial charge on any atom is -1.00 e. The quantitative estimate of drug-likeness (QED) is 0.235. The van der Waals surface area contributed by atoms with Gasteiger partial charge >= 0.3 is 288 Å². The first-order valence-electron chi connectivity index (χ1n) is 17.1. The third-order valence-electron chi connectivity index (χ3n) is 10.2. The number of fused-ring (bicyclic) bond motifs is 3. The van der Waals surface area contributed by atoms with Crippen LogP contribution in [0.25, 0.3) is 16.7 Å². The molecular weight excluding hydrogens is 703 g/mol. The molecule has 0 aliphatic heterocycles. The van der Waals surface area contributed by atoms with Gasteiger partial charge < -0.3 is 24.8 Å². The molecule has 2 aliphatic carbocycles. The van der Waals surface area contributed by atoms with Crippen molar-refractivity contribution in [3.8, 4) is 11.1 Å². The van der Waals surface area contributed by atoms with E-state index in [0.717, 1.165) is 0 Å². The van der Waals surface area contributed by atoms with E-state index in [-0.39, 0.29) is 41.1 Å². The minimum atomic E-state index is -2.62. The van der Waals surface area contributed by atoms with Gasteiger partial charge in [-0.05, 0) is 0 Å². The molecule has 48 heavy (non-hydrogen) atoms. The van der Waals surface area contributed by atoms with Gasteiger partial charge in [-0.1, -0.05) is 0 Å². The monoisotopic (exact) mass is 752 g/mol. The van der Waals surface area contributed by atoms with Gasteiger partial charge in [0.05, 0.1) is 0 Å². The Morgan fingerprint density at radius 2 is 1.04 bits per heavy atom. The first-order chi connectivity index (χ1) is 21.5. The maximum atomic E-state index is 2.78. The molecule has 2 aliphatic rings. The summed E-state index contributed by atoms with van der Waals surface area (Å²) < 4.78 is 4.96. The van der Waals surface area contributed by atoms with Crippen molar-refractivity contribution in [1.82, 2.24) is 0 Å². The van der Waals surface area contributed by atoms with Gasteiger partial charge in [0, 0.05) is 0 Å². The fraction of sp³-hybridized carbons (Fsp3) is 0.356. The van der Waals surface area contributed by atoms with Gasteiger partial charge in [-0.15, -0.1) is 0 Å². The SMILES string of the molecule is CC1=[C](/[Zr+2](=[CH]/c2ccc(C(C)(C)C)cc2)[CH]2c3ccc(C(C)(C)C)cc3-c3cc(C(C)(C)C)ccc32)C(C)C=C1c1ccccc1.[Cl-].[Cl-]. The van der Waals surface area contributed by atoms with Gasteiger partial charge in [-0.25, -0.2) is 0 Å². The van der Waals surface area contributed by atoms with Crippen LogP contribution in [-0.2, 0) is 37.5 Å². The van der Waals surface area contributed by atoms with E-state index in [2.05, 4.69) is 177 Å². The molecule has 4 aromatic carbocycles. The zero-order valence-electron chi connectivity index (χ0n) is 30.7. The van der Waals surface area contributed by atoms with E-state index in [1.807, 2.05) is 0 Å². The number of benzene rings is 4. The van der Waals surface area contributed by atoms with E-state index in [9.17, 15) is 0 Å². The van der Waals surface area contributed by atoms with Crippen LogP contribution in [0.2, 0.25) is 0 Å². The predicted octanol–water partition coefficient (Wildman–Crippen LogP) is 6.13. The molecule has 0 saturated carbocycles. The molecular formula is C45H52Cl2Zr. The second-order valence-corrected chi connectivity index (χ2v) is 22.5. The average molecular weight is 755 g/mol. The van der Waals surface area contributed by atoms with Crippen LogP contribution >= 0.6 is 0 Å². The van der Waals surface area contributed by atoms with Crippen molar-refractivity contribution in [3.05, 3.63) is 145 Å². The van der Waals surface area contributed by atoms with Crippen molar-refractivity contribution in [1.29, 1.82) is 0 Å². The Morgan fingerprint density at radius 1 is 0.583 bits per heavy atom. The maximum Gasteiger partial charge on any atom is -1.00 e. The maximum absolute atomic E-state index is 2.78. The summed E-state index contributed by atoms with van der Waals surface area (Å²) in [5.74, 6) is 0.435. The normalized spacial score (nSPS) is 16.2. The Bertz CT molecular complexity index is 1820. The van der Waals surface area contributed by atoms with Crippen LogP contribution in [0.15, 0.2) is 106 Å². The predicted molar refractivity (Wildman–Crippen MR) is 198 cm³/mol. The molecule has 0 aromatic heterocycles. The molecule has 3 heteroatoms. The van der Waals surface area contributed by atoms with Gasteiger partial charge in [0.2, 0.25) is 0 Å². The second kappa shape index (κ2) is 14.1. The summed E-state index contributed by atoms with van der Waals surface area (Å²) in [4.78, 5) is 0. The smallest absolute Gasteiger partial charge is 1.00 e. The molecule has 0 amide bonds. The van der Waals surface area contributed by atoms with Gasteiger partial charge in [0.15, 0.2) is 0 Å². The van der Waals surface area contributed by atoms with Crippen LogP contribution in [-0.4, -0.2) is 3.71 Å². The van der Waals surface area contributed by atoms with Gasteiger partial charge in [-0.2, -0.15) is 0 Å². The average Bonchev–Trinajstić information content (AvgIpc) is 3.47. The summed E-state index contributed by atoms with van der Waals surface area (Å²) in [6.45, 7) is 25.8. The van der Waals surface area contributed by atoms with Crippen LogP contribution < -0.4 is 24.8 Å². The molecule has 0 fully saturated rings. The Hall–Kier alpha value is -2.31. The van der Waals surface area contributed by atoms with Gasteiger partial charge in [0.25, 0.3) is 0 Å². The van der Waals surface area contributed by atoms with Crippen molar-refractivity contribution in [3.63, 3.8) is 0 Å². The van der Waals surface area contributed by atoms with E-state index < -0.39 is 21.3 Å². The number of halogens is 2. The molecule has 0 bridgehead atoms. The zero-order chi connectivity index (χ0) is 33.2. The number of hydrogen-bond acceptors (Lipinski definition) is 0. The standard InChI is InChI=1S/C21H25.C13H13.C11H14.2ClH.Zr/c1-20(2,3)16-9-7-14-11-15-8-10-17(21(4,5)6)13-19(15)18(14)12-16;1-10-8-11(2)13(9-10)12-6-4-3-5-7-12;1-9-5-7-10(8-6-9)11(2,3)4;;;/h7-13H,1-6H3;3-7,9-10H,1-2H3;1,5-8H,2-4H3;2*1H;/q;;;;;+2/p-2. The van der Waals surface area contributed by atoms with Crippen LogP contribution in [0, 0.1) is 5.92 Å². The fourth-order valence-corrected chi connectivity index (χ4v) is 16.1. The first-order valence-corrected chi connectivity index (χ1v) is 21.2. The Kier molecular flexibility index (Phi) is 11.3. The summed E-state index contributed by atoms with van der Waals surface area (Å²) in [6, 6.07) is 35.5. The Labute approximate surface area is 311 Å². The zero-order valence-corrected chi connectivity index (χ0v) is 34.7. The van der Waals surface area contributed by atoms with Crippen molar-refractivity contribution >= 4 is 9.28 Å². The molecule has 0 heterocycles. The third kappa shape index (κ3) is 7.41. The Balaban J connectivity index is 0.00000260. The summed E-state index contributed by atoms with van der Waals surface area (Å²) in [6.07, 6.45) is 2.55. The second-order valence-electron chi connectivity index (χ2n) is 16.8. The number of hydrogen-bond donors (Lipinski definition) is 0. The van der Waals surface area contributed by atoms with E-state index in [1.165, 1.54) is 50.1 Å². The molecule has 6 rings (SSSR count). The van der Waals surface area contributed by atoms with Crippen molar-refractivity contribution in [2.24, 2.45) is 5.92 Å². The summed E-state index contributed by atoms with van der Waals surface area (Å²) in [5, 5.41) is 0. The van der Waals surface area contributed by atoms with E-state index >= 15 is 0 Å². The van der Waals surface area contributed by atoms with E-state index in [1.54, 1.807) is 14.4 Å². The van der Waals surface area contributed by atoms with Crippen molar-refractivity contribution < 1.29 is 46.1 Å². The number of rotatable bonds is 4. The Morgan fingerprint density at radius 3 is 1.50 bits per heavy atom. The molecule has 0 saturated heterocycles. The summed E-state index contributed by atoms with van der Waals surface area (Å²) in [7, 11) is 0. The van der Waals surface area contributed by atoms with Crippen LogP contribution in [0.4, 0.5) is 0 Å². The molecule has 4 aromatic rings. The van der Waals surface area contributed by atoms with E-state index in [0.29, 0.717) is 9.54 Å².